The molecule has 1 spiro atoms. The highest BCUT2D eigenvalue weighted by atomic mass is 14.9. The first-order chi connectivity index (χ1) is 28.3. The number of benzene rings is 9. The lowest BCUT2D eigenvalue weighted by Gasteiger charge is -2.30. The molecule has 0 N–H and O–H groups in total. The van der Waals surface area contributed by atoms with Gasteiger partial charge in [0.15, 0.2) is 0 Å². The van der Waals surface area contributed by atoms with Crippen LogP contribution < -0.4 is 0 Å². The van der Waals surface area contributed by atoms with E-state index >= 15 is 0 Å². The minimum Gasteiger partial charge on any atom is -0.308 e. The smallest absolute Gasteiger partial charge is 0.0725 e. The maximum absolute atomic E-state index is 2.56. The van der Waals surface area contributed by atoms with Gasteiger partial charge < -0.3 is 4.40 Å². The van der Waals surface area contributed by atoms with E-state index < -0.39 is 0 Å². The first-order valence-electron chi connectivity index (χ1n) is 20.1. The summed E-state index contributed by atoms with van der Waals surface area (Å²) in [6.45, 7) is 0. The Morgan fingerprint density at radius 3 is 1.49 bits per heavy atom. The molecule has 0 saturated heterocycles. The first kappa shape index (κ1) is 30.1. The molecule has 1 heteroatoms. The average molecular weight is 720 g/mol. The fraction of sp³-hybridized carbons (Fsp3) is 0.0357. The van der Waals surface area contributed by atoms with Crippen LogP contribution in [-0.2, 0) is 11.8 Å². The van der Waals surface area contributed by atoms with E-state index in [0.29, 0.717) is 0 Å². The number of fused-ring (bicyclic) bond motifs is 17. The van der Waals surface area contributed by atoms with Crippen LogP contribution in [0.25, 0.3) is 93.0 Å². The number of hydrogen-bond donors (Lipinski definition) is 0. The van der Waals surface area contributed by atoms with Gasteiger partial charge in [0.1, 0.15) is 0 Å². The summed E-state index contributed by atoms with van der Waals surface area (Å²) in [5.74, 6) is 0. The van der Waals surface area contributed by atoms with Crippen LogP contribution >= 0.6 is 0 Å². The van der Waals surface area contributed by atoms with Gasteiger partial charge in [-0.05, 0) is 119 Å². The zero-order valence-corrected chi connectivity index (χ0v) is 31.1. The Hall–Kier alpha value is -7.22. The Morgan fingerprint density at radius 1 is 0.333 bits per heavy atom. The van der Waals surface area contributed by atoms with Crippen molar-refractivity contribution in [1.82, 2.24) is 4.40 Å². The van der Waals surface area contributed by atoms with Crippen molar-refractivity contribution in [2.45, 2.75) is 11.8 Å². The van der Waals surface area contributed by atoms with Crippen LogP contribution in [0.4, 0.5) is 0 Å². The molecule has 9 aromatic carbocycles. The number of aromatic nitrogens is 1. The largest absolute Gasteiger partial charge is 0.308 e. The molecule has 1 nitrogen and oxygen atoms in total. The molecule has 0 bridgehead atoms. The third-order valence-corrected chi connectivity index (χ3v) is 13.8. The summed E-state index contributed by atoms with van der Waals surface area (Å²) in [4.78, 5) is 0. The summed E-state index contributed by atoms with van der Waals surface area (Å²) in [6, 6.07) is 71.5. The summed E-state index contributed by atoms with van der Waals surface area (Å²) < 4.78 is 2.56. The quantitative estimate of drug-likeness (QED) is 0.159. The number of hydrogen-bond acceptors (Lipinski definition) is 0. The Labute approximate surface area is 329 Å². The Kier molecular flexibility index (Phi) is 5.56. The van der Waals surface area contributed by atoms with E-state index in [1.54, 1.807) is 0 Å². The number of para-hydroxylation sites is 2. The van der Waals surface area contributed by atoms with Gasteiger partial charge in [-0.3, -0.25) is 0 Å². The molecule has 57 heavy (non-hydrogen) atoms. The van der Waals surface area contributed by atoms with Crippen LogP contribution in [0.5, 0.6) is 0 Å². The van der Waals surface area contributed by atoms with Crippen LogP contribution in [0, 0.1) is 0 Å². The van der Waals surface area contributed by atoms with Gasteiger partial charge in [0.05, 0.1) is 22.0 Å². The van der Waals surface area contributed by atoms with E-state index in [0.717, 1.165) is 6.42 Å². The standard InChI is InChI=1S/C56H33N/c1-5-22-47-37(14-1)38-15-2-6-23-48(38)56(47)49-24-7-3-16-39(49)40-28-26-34(32-50(40)56)33-27-29-52-46(31-33)45-21-11-20-44-43-19-10-13-36-30-35-12-9-18-42(53(35)54(36)43)41-17-4-8-25-51(41)57(52)55(44)45/h1-29,31-32H,30H2. The molecule has 0 amide bonds. The first-order valence-corrected chi connectivity index (χ1v) is 20.1. The zero-order valence-electron chi connectivity index (χ0n) is 31.1. The van der Waals surface area contributed by atoms with Crippen molar-refractivity contribution in [2.24, 2.45) is 0 Å². The van der Waals surface area contributed by atoms with Crippen molar-refractivity contribution in [2.75, 3.05) is 0 Å². The van der Waals surface area contributed by atoms with Crippen molar-refractivity contribution in [3.05, 3.63) is 221 Å². The predicted octanol–water partition coefficient (Wildman–Crippen LogP) is 14.2. The van der Waals surface area contributed by atoms with Crippen LogP contribution in [0.15, 0.2) is 188 Å². The van der Waals surface area contributed by atoms with Gasteiger partial charge >= 0.3 is 0 Å². The van der Waals surface area contributed by atoms with E-state index in [9.17, 15) is 0 Å². The molecule has 2 aromatic heterocycles. The third kappa shape index (κ3) is 3.58. The molecule has 0 atom stereocenters. The summed E-state index contributed by atoms with van der Waals surface area (Å²) in [7, 11) is 0. The van der Waals surface area contributed by atoms with Crippen molar-refractivity contribution in [3.63, 3.8) is 0 Å². The van der Waals surface area contributed by atoms with Crippen molar-refractivity contribution in [1.29, 1.82) is 0 Å². The molecule has 11 aromatic rings. The second kappa shape index (κ2) is 10.5. The summed E-state index contributed by atoms with van der Waals surface area (Å²) in [5.41, 5.74) is 19.5. The molecule has 14 rings (SSSR count). The zero-order chi connectivity index (χ0) is 37.0. The third-order valence-electron chi connectivity index (χ3n) is 13.8. The van der Waals surface area contributed by atoms with Gasteiger partial charge in [-0.15, -0.1) is 0 Å². The van der Waals surface area contributed by atoms with Crippen molar-refractivity contribution in [3.8, 4) is 33.4 Å². The molecular formula is C56H33N. The van der Waals surface area contributed by atoms with Gasteiger partial charge in [-0.25, -0.2) is 0 Å². The van der Waals surface area contributed by atoms with Gasteiger partial charge in [-0.1, -0.05) is 164 Å². The lowest BCUT2D eigenvalue weighted by atomic mass is 9.70. The molecule has 3 aliphatic carbocycles. The molecule has 0 radical (unpaired) electrons. The maximum atomic E-state index is 2.56. The van der Waals surface area contributed by atoms with Crippen LogP contribution in [0.2, 0.25) is 0 Å². The van der Waals surface area contributed by atoms with E-state index in [1.807, 2.05) is 0 Å². The summed E-state index contributed by atoms with van der Waals surface area (Å²) in [5, 5.41) is 10.6. The molecule has 3 aliphatic rings. The normalized spacial score (nSPS) is 14.0. The summed E-state index contributed by atoms with van der Waals surface area (Å²) in [6.07, 6.45) is 0.973. The predicted molar refractivity (Wildman–Crippen MR) is 238 cm³/mol. The SMILES string of the molecule is c1ccc2c(c1)-c1ccccc1C21c2ccccc2-c2ccc(-c3ccc4c(c3)c3cccc5c6cccc7c6c6c(cccc6c6ccccc6n4c53)C7)cc21. The molecule has 0 saturated carbocycles. The van der Waals surface area contributed by atoms with Crippen molar-refractivity contribution >= 4 is 59.6 Å². The second-order valence-electron chi connectivity index (χ2n) is 16.3. The molecule has 262 valence electrons. The van der Waals surface area contributed by atoms with E-state index in [2.05, 4.69) is 192 Å². The molecule has 0 unspecified atom stereocenters. The topological polar surface area (TPSA) is 4.41 Å². The maximum Gasteiger partial charge on any atom is 0.0725 e. The summed E-state index contributed by atoms with van der Waals surface area (Å²) >= 11 is 0. The number of rotatable bonds is 1. The molecule has 0 fully saturated rings. The van der Waals surface area contributed by atoms with Gasteiger partial charge in [-0.2, -0.15) is 0 Å². The van der Waals surface area contributed by atoms with Crippen LogP contribution in [0.3, 0.4) is 0 Å². The van der Waals surface area contributed by atoms with Gasteiger partial charge in [0.2, 0.25) is 0 Å². The highest BCUT2D eigenvalue weighted by Gasteiger charge is 2.51. The van der Waals surface area contributed by atoms with E-state index in [4.69, 9.17) is 0 Å². The molecule has 0 aliphatic heterocycles. The Morgan fingerprint density at radius 2 is 0.807 bits per heavy atom. The van der Waals surface area contributed by atoms with Gasteiger partial charge in [0, 0.05) is 21.5 Å². The minimum atomic E-state index is -0.367. The fourth-order valence-corrected chi connectivity index (χ4v) is 11.6. The van der Waals surface area contributed by atoms with Gasteiger partial charge in [0.25, 0.3) is 0 Å². The molecule has 2 heterocycles. The highest BCUT2D eigenvalue weighted by molar-refractivity contribution is 6.27. The molecular weight excluding hydrogens is 687 g/mol. The van der Waals surface area contributed by atoms with Crippen LogP contribution in [0.1, 0.15) is 33.4 Å². The van der Waals surface area contributed by atoms with E-state index in [-0.39, 0.29) is 5.41 Å². The Balaban J connectivity index is 1.09. The highest BCUT2D eigenvalue weighted by Crippen LogP contribution is 2.63. The monoisotopic (exact) mass is 719 g/mol. The lowest BCUT2D eigenvalue weighted by Crippen LogP contribution is -2.25. The Bertz CT molecular complexity index is 3610. The van der Waals surface area contributed by atoms with Crippen LogP contribution in [-0.4, -0.2) is 4.40 Å². The average Bonchev–Trinajstić information content (AvgIpc) is 4.00. The fourth-order valence-electron chi connectivity index (χ4n) is 11.6. The number of nitrogens with zero attached hydrogens (tertiary/aromatic N) is 1. The lowest BCUT2D eigenvalue weighted by molar-refractivity contribution is 0.794. The van der Waals surface area contributed by atoms with Crippen molar-refractivity contribution < 1.29 is 0 Å². The van der Waals surface area contributed by atoms with E-state index in [1.165, 1.54) is 126 Å². The second-order valence-corrected chi connectivity index (χ2v) is 16.3. The minimum absolute atomic E-state index is 0.367.